The van der Waals surface area contributed by atoms with Gasteiger partial charge < -0.3 is 21.1 Å². The molecule has 2 atom stereocenters. The first-order valence-electron chi connectivity index (χ1n) is 9.55. The molecule has 0 saturated heterocycles. The molecule has 3 amide bonds. The van der Waals surface area contributed by atoms with Crippen LogP contribution in [-0.4, -0.2) is 52.0 Å². The lowest BCUT2D eigenvalue weighted by molar-refractivity contribution is -0.154. The van der Waals surface area contributed by atoms with E-state index in [9.17, 15) is 19.2 Å². The lowest BCUT2D eigenvalue weighted by Gasteiger charge is -2.27. The van der Waals surface area contributed by atoms with Gasteiger partial charge in [0.2, 0.25) is 17.7 Å². The van der Waals surface area contributed by atoms with E-state index in [1.165, 1.54) is 0 Å². The summed E-state index contributed by atoms with van der Waals surface area (Å²) in [6.07, 6.45) is 0.609. The van der Waals surface area contributed by atoms with Crippen LogP contribution in [0.3, 0.4) is 0 Å². The standard InChI is InChI=1S/C20H29IN4O5/c1-4-20(2,19(29)30-13-14-8-6-5-7-9-14)24-17(27)12-23-18(28)15(25(3)21)10-11-16(22)26/h5-9,15H,4,10-13H2,1-3H3,(H2,22,26)(H,23,28)(H,24,27)/t15-,20?/m0/s1. The zero-order valence-corrected chi connectivity index (χ0v) is 19.6. The smallest absolute Gasteiger partial charge is 0.331 e. The van der Waals surface area contributed by atoms with Crippen LogP contribution in [0.25, 0.3) is 0 Å². The summed E-state index contributed by atoms with van der Waals surface area (Å²) in [4.78, 5) is 48.2. The number of primary amides is 1. The molecule has 0 radical (unpaired) electrons. The summed E-state index contributed by atoms with van der Waals surface area (Å²) in [6.45, 7) is 3.13. The number of nitrogens with one attached hydrogen (secondary N) is 2. The number of ether oxygens (including phenoxy) is 1. The summed E-state index contributed by atoms with van der Waals surface area (Å²) in [5.41, 5.74) is 4.76. The van der Waals surface area contributed by atoms with Crippen LogP contribution in [0.2, 0.25) is 0 Å². The Morgan fingerprint density at radius 1 is 1.23 bits per heavy atom. The van der Waals surface area contributed by atoms with Crippen molar-refractivity contribution >= 4 is 46.6 Å². The van der Waals surface area contributed by atoms with Crippen molar-refractivity contribution in [1.29, 1.82) is 0 Å². The number of hydrogen-bond donors (Lipinski definition) is 3. The van der Waals surface area contributed by atoms with Gasteiger partial charge in [0, 0.05) is 29.3 Å². The summed E-state index contributed by atoms with van der Waals surface area (Å²) in [7, 11) is 1.68. The van der Waals surface area contributed by atoms with Gasteiger partial charge in [-0.1, -0.05) is 37.3 Å². The monoisotopic (exact) mass is 532 g/mol. The highest BCUT2D eigenvalue weighted by atomic mass is 127. The maximum atomic E-state index is 12.5. The van der Waals surface area contributed by atoms with Crippen LogP contribution in [0.4, 0.5) is 0 Å². The molecular formula is C20H29IN4O5. The van der Waals surface area contributed by atoms with Crippen LogP contribution in [0.1, 0.15) is 38.7 Å². The first kappa shape index (κ1) is 25.8. The molecule has 9 nitrogen and oxygen atoms in total. The molecule has 4 N–H and O–H groups in total. The van der Waals surface area contributed by atoms with Crippen molar-refractivity contribution in [2.75, 3.05) is 13.6 Å². The van der Waals surface area contributed by atoms with Crippen LogP contribution in [0.15, 0.2) is 30.3 Å². The predicted molar refractivity (Wildman–Crippen MR) is 120 cm³/mol. The minimum Gasteiger partial charge on any atom is -0.459 e. The van der Waals surface area contributed by atoms with Gasteiger partial charge in [-0.25, -0.2) is 7.91 Å². The van der Waals surface area contributed by atoms with Crippen LogP contribution < -0.4 is 16.4 Å². The fraction of sp³-hybridized carbons (Fsp3) is 0.500. The van der Waals surface area contributed by atoms with Gasteiger partial charge in [0.05, 0.1) is 12.6 Å². The summed E-state index contributed by atoms with van der Waals surface area (Å²) in [6, 6.07) is 8.61. The number of nitrogens with zero attached hydrogens (tertiary/aromatic N) is 1. The Morgan fingerprint density at radius 2 is 1.87 bits per heavy atom. The molecule has 1 aromatic carbocycles. The first-order chi connectivity index (χ1) is 14.1. The number of rotatable bonds is 12. The molecule has 1 unspecified atom stereocenters. The highest BCUT2D eigenvalue weighted by molar-refractivity contribution is 14.1. The average molecular weight is 532 g/mol. The fourth-order valence-electron chi connectivity index (χ4n) is 2.55. The van der Waals surface area contributed by atoms with E-state index in [1.807, 2.05) is 53.2 Å². The second-order valence-electron chi connectivity index (χ2n) is 7.06. The number of hydrogen-bond acceptors (Lipinski definition) is 6. The van der Waals surface area contributed by atoms with E-state index < -0.39 is 35.3 Å². The maximum Gasteiger partial charge on any atom is 0.331 e. The molecule has 0 bridgehead atoms. The highest BCUT2D eigenvalue weighted by Crippen LogP contribution is 2.14. The number of likely N-dealkylation sites (N-methyl/N-ethyl adjacent to an activating group) is 1. The van der Waals surface area contributed by atoms with Crippen molar-refractivity contribution in [3.8, 4) is 0 Å². The van der Waals surface area contributed by atoms with Crippen LogP contribution in [-0.2, 0) is 30.5 Å². The summed E-state index contributed by atoms with van der Waals surface area (Å²) >= 11 is 1.93. The van der Waals surface area contributed by atoms with E-state index in [2.05, 4.69) is 10.6 Å². The number of halogens is 1. The molecule has 0 aliphatic heterocycles. The second-order valence-corrected chi connectivity index (χ2v) is 8.58. The van der Waals surface area contributed by atoms with Gasteiger partial charge in [-0.15, -0.1) is 0 Å². The number of carbonyl (C=O) groups is 4. The SMILES string of the molecule is CCC(C)(NC(=O)CNC(=O)[C@H](CCC(N)=O)N(C)I)C(=O)OCc1ccccc1. The largest absolute Gasteiger partial charge is 0.459 e. The van der Waals surface area contributed by atoms with Gasteiger partial charge >= 0.3 is 5.97 Å². The maximum absolute atomic E-state index is 12.5. The molecule has 0 saturated carbocycles. The van der Waals surface area contributed by atoms with Gasteiger partial charge in [-0.2, -0.15) is 0 Å². The number of esters is 1. The molecular weight excluding hydrogens is 503 g/mol. The van der Waals surface area contributed by atoms with E-state index in [-0.39, 0.29) is 26.0 Å². The summed E-state index contributed by atoms with van der Waals surface area (Å²) in [5, 5.41) is 5.16. The van der Waals surface area contributed by atoms with E-state index in [4.69, 9.17) is 10.5 Å². The summed E-state index contributed by atoms with van der Waals surface area (Å²) in [5.74, 6) is -1.99. The summed E-state index contributed by atoms with van der Waals surface area (Å²) < 4.78 is 6.96. The number of carbonyl (C=O) groups excluding carboxylic acids is 4. The Hall–Kier alpha value is -2.21. The fourth-order valence-corrected chi connectivity index (χ4v) is 3.08. The third kappa shape index (κ3) is 8.66. The van der Waals surface area contributed by atoms with Gasteiger partial charge in [0.15, 0.2) is 0 Å². The van der Waals surface area contributed by atoms with Crippen molar-refractivity contribution in [3.05, 3.63) is 35.9 Å². The Bertz CT molecular complexity index is 744. The molecule has 1 rings (SSSR count). The van der Waals surface area contributed by atoms with Crippen LogP contribution in [0.5, 0.6) is 0 Å². The Morgan fingerprint density at radius 3 is 2.40 bits per heavy atom. The Labute approximate surface area is 190 Å². The number of benzene rings is 1. The quantitative estimate of drug-likeness (QED) is 0.210. The molecule has 0 fully saturated rings. The lowest BCUT2D eigenvalue weighted by Crippen LogP contribution is -2.55. The van der Waals surface area contributed by atoms with Gasteiger partial charge in [-0.3, -0.25) is 14.4 Å². The van der Waals surface area contributed by atoms with Crippen LogP contribution >= 0.6 is 22.9 Å². The molecule has 30 heavy (non-hydrogen) atoms. The number of amides is 3. The molecule has 0 aromatic heterocycles. The molecule has 0 aliphatic carbocycles. The van der Waals surface area contributed by atoms with Gasteiger partial charge in [0.25, 0.3) is 0 Å². The topological polar surface area (TPSA) is 131 Å². The molecule has 0 heterocycles. The highest BCUT2D eigenvalue weighted by Gasteiger charge is 2.35. The van der Waals surface area contributed by atoms with E-state index >= 15 is 0 Å². The van der Waals surface area contributed by atoms with Crippen molar-refractivity contribution in [1.82, 2.24) is 13.7 Å². The Kier molecular flexibility index (Phi) is 10.7. The minimum absolute atomic E-state index is 0.0544. The normalized spacial score (nSPS) is 13.8. The van der Waals surface area contributed by atoms with E-state index in [0.717, 1.165) is 5.56 Å². The third-order valence-electron chi connectivity index (χ3n) is 4.61. The molecule has 1 aromatic rings. The van der Waals surface area contributed by atoms with Crippen molar-refractivity contribution in [2.24, 2.45) is 5.73 Å². The Balaban J connectivity index is 2.59. The second kappa shape index (κ2) is 12.5. The zero-order chi connectivity index (χ0) is 22.7. The molecule has 10 heteroatoms. The number of nitrogens with two attached hydrogens (primary N) is 1. The van der Waals surface area contributed by atoms with Gasteiger partial charge in [0.1, 0.15) is 12.1 Å². The van der Waals surface area contributed by atoms with E-state index in [1.54, 1.807) is 24.0 Å². The van der Waals surface area contributed by atoms with Gasteiger partial charge in [-0.05, 0) is 32.4 Å². The van der Waals surface area contributed by atoms with Crippen molar-refractivity contribution in [2.45, 2.75) is 51.3 Å². The minimum atomic E-state index is -1.22. The van der Waals surface area contributed by atoms with Crippen molar-refractivity contribution in [3.63, 3.8) is 0 Å². The first-order valence-corrected chi connectivity index (χ1v) is 10.5. The lowest BCUT2D eigenvalue weighted by atomic mass is 9.99. The zero-order valence-electron chi connectivity index (χ0n) is 17.4. The molecule has 0 aliphatic rings. The molecule has 166 valence electrons. The molecule has 0 spiro atoms. The predicted octanol–water partition coefficient (Wildman–Crippen LogP) is 1.05. The average Bonchev–Trinajstić information content (AvgIpc) is 2.70. The van der Waals surface area contributed by atoms with Crippen LogP contribution in [0, 0.1) is 0 Å². The van der Waals surface area contributed by atoms with Crippen molar-refractivity contribution < 1.29 is 23.9 Å². The van der Waals surface area contributed by atoms with E-state index in [0.29, 0.717) is 6.42 Å². The third-order valence-corrected chi connectivity index (χ3v) is 5.28.